The summed E-state index contributed by atoms with van der Waals surface area (Å²) in [4.78, 5) is 4.37. The van der Waals surface area contributed by atoms with Gasteiger partial charge in [0.25, 0.3) is 0 Å². The number of nitrogens with one attached hydrogen (secondary N) is 1. The Morgan fingerprint density at radius 2 is 2.00 bits per heavy atom. The van der Waals surface area contributed by atoms with E-state index in [-0.39, 0.29) is 6.04 Å². The Morgan fingerprint density at radius 1 is 1.15 bits per heavy atom. The van der Waals surface area contributed by atoms with Gasteiger partial charge >= 0.3 is 0 Å². The van der Waals surface area contributed by atoms with Crippen LogP contribution in [0.15, 0.2) is 60.9 Å². The molecule has 1 heterocycles. The topological polar surface area (TPSA) is 78.0 Å². The molecule has 6 nitrogen and oxygen atoms in total. The molecule has 6 heteroatoms. The first-order chi connectivity index (χ1) is 12.8. The van der Waals surface area contributed by atoms with Gasteiger partial charge in [0.1, 0.15) is 24.5 Å². The van der Waals surface area contributed by atoms with E-state index in [2.05, 4.69) is 34.6 Å². The van der Waals surface area contributed by atoms with Gasteiger partial charge in [0.05, 0.1) is 6.04 Å². The maximum Gasteiger partial charge on any atom is 0.138 e. The van der Waals surface area contributed by atoms with Gasteiger partial charge in [0, 0.05) is 13.0 Å². The quantitative estimate of drug-likeness (QED) is 0.458. The largest absolute Gasteiger partial charge is 0.489 e. The van der Waals surface area contributed by atoms with Gasteiger partial charge in [0.2, 0.25) is 0 Å². The Bertz CT molecular complexity index is 803. The van der Waals surface area contributed by atoms with E-state index in [1.165, 1.54) is 0 Å². The predicted octanol–water partition coefficient (Wildman–Crippen LogP) is 3.01. The van der Waals surface area contributed by atoms with E-state index in [9.17, 15) is 0 Å². The van der Waals surface area contributed by atoms with Crippen molar-refractivity contribution in [3.05, 3.63) is 77.9 Å². The molecule has 1 atom stereocenters. The second kappa shape index (κ2) is 9.12. The highest BCUT2D eigenvalue weighted by Crippen LogP contribution is 2.22. The SMILES string of the molecule is CCCn1ncnc1CC(NN)c1cccc(OCc2ccccc2)c1. The van der Waals surface area contributed by atoms with Crippen LogP contribution in [-0.4, -0.2) is 14.8 Å². The fourth-order valence-electron chi connectivity index (χ4n) is 2.86. The minimum absolute atomic E-state index is 0.0601. The third kappa shape index (κ3) is 4.68. The van der Waals surface area contributed by atoms with Crippen LogP contribution in [0.2, 0.25) is 0 Å². The number of hydrogen-bond donors (Lipinski definition) is 2. The molecule has 136 valence electrons. The summed E-state index contributed by atoms with van der Waals surface area (Å²) in [7, 11) is 0. The molecule has 0 aliphatic heterocycles. The summed E-state index contributed by atoms with van der Waals surface area (Å²) >= 11 is 0. The monoisotopic (exact) mass is 351 g/mol. The van der Waals surface area contributed by atoms with Crippen LogP contribution >= 0.6 is 0 Å². The highest BCUT2D eigenvalue weighted by atomic mass is 16.5. The molecule has 3 aromatic rings. The number of hydrogen-bond acceptors (Lipinski definition) is 5. The molecule has 0 saturated carbocycles. The lowest BCUT2D eigenvalue weighted by atomic mass is 10.0. The lowest BCUT2D eigenvalue weighted by Crippen LogP contribution is -2.30. The fraction of sp³-hybridized carbons (Fsp3) is 0.300. The predicted molar refractivity (Wildman–Crippen MR) is 101 cm³/mol. The van der Waals surface area contributed by atoms with E-state index in [1.807, 2.05) is 47.1 Å². The summed E-state index contributed by atoms with van der Waals surface area (Å²) in [6.07, 6.45) is 3.27. The molecule has 0 aliphatic carbocycles. The zero-order valence-corrected chi connectivity index (χ0v) is 15.0. The maximum atomic E-state index is 5.92. The van der Waals surface area contributed by atoms with Crippen LogP contribution in [0.5, 0.6) is 5.75 Å². The van der Waals surface area contributed by atoms with Gasteiger partial charge in [0.15, 0.2) is 0 Å². The Kier molecular flexibility index (Phi) is 6.35. The zero-order valence-electron chi connectivity index (χ0n) is 15.0. The molecule has 26 heavy (non-hydrogen) atoms. The van der Waals surface area contributed by atoms with Crippen LogP contribution < -0.4 is 16.0 Å². The van der Waals surface area contributed by atoms with Crippen molar-refractivity contribution in [3.63, 3.8) is 0 Å². The van der Waals surface area contributed by atoms with Gasteiger partial charge in [-0.2, -0.15) is 5.10 Å². The number of nitrogens with two attached hydrogens (primary N) is 1. The molecule has 0 aliphatic rings. The summed E-state index contributed by atoms with van der Waals surface area (Å²) < 4.78 is 7.85. The summed E-state index contributed by atoms with van der Waals surface area (Å²) in [5, 5.41) is 4.28. The van der Waals surface area contributed by atoms with Crippen LogP contribution in [-0.2, 0) is 19.6 Å². The first kappa shape index (κ1) is 18.1. The first-order valence-electron chi connectivity index (χ1n) is 8.89. The molecule has 1 unspecified atom stereocenters. The molecule has 0 amide bonds. The van der Waals surface area contributed by atoms with Crippen LogP contribution in [0.1, 0.15) is 36.3 Å². The lowest BCUT2D eigenvalue weighted by molar-refractivity contribution is 0.305. The van der Waals surface area contributed by atoms with Gasteiger partial charge in [-0.1, -0.05) is 49.4 Å². The first-order valence-corrected chi connectivity index (χ1v) is 8.89. The molecule has 2 aromatic carbocycles. The van der Waals surface area contributed by atoms with Crippen LogP contribution in [0.25, 0.3) is 0 Å². The van der Waals surface area contributed by atoms with E-state index >= 15 is 0 Å². The third-order valence-corrected chi connectivity index (χ3v) is 4.23. The van der Waals surface area contributed by atoms with Crippen LogP contribution in [0.3, 0.4) is 0 Å². The average Bonchev–Trinajstić information content (AvgIpc) is 3.12. The molecule has 0 saturated heterocycles. The highest BCUT2D eigenvalue weighted by Gasteiger charge is 2.15. The second-order valence-electron chi connectivity index (χ2n) is 6.17. The fourth-order valence-corrected chi connectivity index (χ4v) is 2.86. The van der Waals surface area contributed by atoms with Gasteiger partial charge in [-0.3, -0.25) is 16.0 Å². The van der Waals surface area contributed by atoms with E-state index in [1.54, 1.807) is 6.33 Å². The molecule has 1 aromatic heterocycles. The second-order valence-corrected chi connectivity index (χ2v) is 6.17. The Morgan fingerprint density at radius 3 is 2.77 bits per heavy atom. The Labute approximate surface area is 154 Å². The van der Waals surface area contributed by atoms with Gasteiger partial charge in [-0.15, -0.1) is 0 Å². The summed E-state index contributed by atoms with van der Waals surface area (Å²) in [5.41, 5.74) is 5.09. The molecule has 3 N–H and O–H groups in total. The number of nitrogens with zero attached hydrogens (tertiary/aromatic N) is 3. The Hall–Kier alpha value is -2.70. The maximum absolute atomic E-state index is 5.92. The highest BCUT2D eigenvalue weighted by molar-refractivity contribution is 5.31. The van der Waals surface area contributed by atoms with E-state index in [4.69, 9.17) is 10.6 Å². The minimum atomic E-state index is -0.0601. The van der Waals surface area contributed by atoms with Crippen molar-refractivity contribution in [1.82, 2.24) is 20.2 Å². The van der Waals surface area contributed by atoms with Crippen molar-refractivity contribution in [2.75, 3.05) is 0 Å². The number of aryl methyl sites for hydroxylation is 1. The van der Waals surface area contributed by atoms with Crippen LogP contribution in [0, 0.1) is 0 Å². The normalized spacial score (nSPS) is 12.1. The van der Waals surface area contributed by atoms with Crippen LogP contribution in [0.4, 0.5) is 0 Å². The molecule has 0 fully saturated rings. The molecule has 3 rings (SSSR count). The van der Waals surface area contributed by atoms with Gasteiger partial charge in [-0.05, 0) is 29.7 Å². The van der Waals surface area contributed by atoms with Crippen molar-refractivity contribution < 1.29 is 4.74 Å². The third-order valence-electron chi connectivity index (χ3n) is 4.23. The van der Waals surface area contributed by atoms with Crippen molar-refractivity contribution >= 4 is 0 Å². The van der Waals surface area contributed by atoms with Crippen molar-refractivity contribution in [1.29, 1.82) is 0 Å². The lowest BCUT2D eigenvalue weighted by Gasteiger charge is -2.17. The zero-order chi connectivity index (χ0) is 18.2. The van der Waals surface area contributed by atoms with E-state index in [0.29, 0.717) is 13.0 Å². The van der Waals surface area contributed by atoms with Crippen molar-refractivity contribution in [2.24, 2.45) is 5.84 Å². The summed E-state index contributed by atoms with van der Waals surface area (Å²) in [6.45, 7) is 3.51. The number of hydrazine groups is 1. The number of aromatic nitrogens is 3. The molecule has 0 spiro atoms. The number of benzene rings is 2. The minimum Gasteiger partial charge on any atom is -0.489 e. The van der Waals surface area contributed by atoms with Gasteiger partial charge < -0.3 is 4.74 Å². The summed E-state index contributed by atoms with van der Waals surface area (Å²) in [6, 6.07) is 18.1. The Balaban J connectivity index is 1.69. The molecule has 0 radical (unpaired) electrons. The van der Waals surface area contributed by atoms with Crippen molar-refractivity contribution in [2.45, 2.75) is 39.0 Å². The van der Waals surface area contributed by atoms with Crippen molar-refractivity contribution in [3.8, 4) is 5.75 Å². The molecular weight excluding hydrogens is 326 g/mol. The number of ether oxygens (including phenoxy) is 1. The number of rotatable bonds is 9. The average molecular weight is 351 g/mol. The summed E-state index contributed by atoms with van der Waals surface area (Å²) in [5.74, 6) is 7.55. The van der Waals surface area contributed by atoms with E-state index < -0.39 is 0 Å². The standard InChI is InChI=1S/C20H25N5O/c1-2-11-25-20(22-15-23-25)13-19(24-21)17-9-6-10-18(12-17)26-14-16-7-4-3-5-8-16/h3-10,12,15,19,24H,2,11,13-14,21H2,1H3. The van der Waals surface area contributed by atoms with Gasteiger partial charge in [-0.25, -0.2) is 4.98 Å². The van der Waals surface area contributed by atoms with E-state index in [0.717, 1.165) is 35.7 Å². The smallest absolute Gasteiger partial charge is 0.138 e. The molecule has 0 bridgehead atoms. The molecular formula is C20H25N5O.